The maximum absolute atomic E-state index is 10.8. The van der Waals surface area contributed by atoms with Crippen LogP contribution in [0.1, 0.15) is 23.6 Å². The first-order valence-electron chi connectivity index (χ1n) is 6.88. The molecular formula is C16H16N2O2S. The molecule has 21 heavy (non-hydrogen) atoms. The maximum Gasteiger partial charge on any atom is 0.269 e. The van der Waals surface area contributed by atoms with Gasteiger partial charge in [0.25, 0.3) is 5.69 Å². The quantitative estimate of drug-likeness (QED) is 0.667. The first-order chi connectivity index (χ1) is 10.1. The lowest BCUT2D eigenvalue weighted by Crippen LogP contribution is -2.16. The fraction of sp³-hybridized carbons (Fsp3) is 0.250. The Labute approximate surface area is 127 Å². The molecule has 0 aromatic heterocycles. The fourth-order valence-corrected chi connectivity index (χ4v) is 3.73. The fourth-order valence-electron chi connectivity index (χ4n) is 2.60. The van der Waals surface area contributed by atoms with Crippen molar-refractivity contribution in [3.63, 3.8) is 0 Å². The summed E-state index contributed by atoms with van der Waals surface area (Å²) in [5.74, 6) is 1.08. The molecule has 1 aliphatic heterocycles. The zero-order chi connectivity index (χ0) is 14.8. The van der Waals surface area contributed by atoms with Gasteiger partial charge in [0.05, 0.1) is 11.0 Å². The average molecular weight is 300 g/mol. The summed E-state index contributed by atoms with van der Waals surface area (Å²) in [5, 5.41) is 14.3. The van der Waals surface area contributed by atoms with Gasteiger partial charge in [-0.2, -0.15) is 0 Å². The lowest BCUT2D eigenvalue weighted by molar-refractivity contribution is -0.384. The van der Waals surface area contributed by atoms with Crippen LogP contribution in [0.4, 0.5) is 11.4 Å². The number of anilines is 1. The largest absolute Gasteiger partial charge is 0.378 e. The number of aryl methyl sites for hydroxylation is 1. The molecule has 5 heteroatoms. The van der Waals surface area contributed by atoms with E-state index in [0.29, 0.717) is 0 Å². The third kappa shape index (κ3) is 2.88. The van der Waals surface area contributed by atoms with Crippen LogP contribution in [-0.2, 0) is 0 Å². The Bertz CT molecular complexity index is 688. The number of nitro groups is 1. The molecular weight excluding hydrogens is 284 g/mol. The molecule has 0 bridgehead atoms. The number of non-ortho nitro benzene ring substituents is 1. The lowest BCUT2D eigenvalue weighted by Gasteiger charge is -2.27. The molecule has 0 saturated heterocycles. The third-order valence-electron chi connectivity index (χ3n) is 3.71. The standard InChI is InChI=1S/C16H16N2O2S/c1-11-10-12(18(19)20)6-7-14(11)17-15-8-9-21-16-5-3-2-4-13(15)16/h2-7,10,15,17H,8-9H2,1H3. The number of nitro benzene ring substituents is 1. The van der Waals surface area contributed by atoms with E-state index >= 15 is 0 Å². The average Bonchev–Trinajstić information content (AvgIpc) is 2.49. The van der Waals surface area contributed by atoms with Gasteiger partial charge in [0.1, 0.15) is 0 Å². The molecule has 0 amide bonds. The molecule has 1 aliphatic rings. The zero-order valence-corrected chi connectivity index (χ0v) is 12.5. The van der Waals surface area contributed by atoms with Crippen molar-refractivity contribution in [2.75, 3.05) is 11.1 Å². The van der Waals surface area contributed by atoms with Gasteiger partial charge in [0.2, 0.25) is 0 Å². The normalized spacial score (nSPS) is 17.1. The van der Waals surface area contributed by atoms with Crippen LogP contribution in [-0.4, -0.2) is 10.7 Å². The van der Waals surface area contributed by atoms with Gasteiger partial charge >= 0.3 is 0 Å². The van der Waals surface area contributed by atoms with Crippen molar-refractivity contribution in [2.24, 2.45) is 0 Å². The number of fused-ring (bicyclic) bond motifs is 1. The number of rotatable bonds is 3. The summed E-state index contributed by atoms with van der Waals surface area (Å²) in [6.45, 7) is 1.90. The van der Waals surface area contributed by atoms with Crippen molar-refractivity contribution in [1.82, 2.24) is 0 Å². The second-order valence-corrected chi connectivity index (χ2v) is 6.26. The molecule has 1 unspecified atom stereocenters. The Balaban J connectivity index is 1.86. The number of nitrogens with one attached hydrogen (secondary N) is 1. The van der Waals surface area contributed by atoms with Gasteiger partial charge in [-0.3, -0.25) is 10.1 Å². The van der Waals surface area contributed by atoms with Crippen molar-refractivity contribution in [3.8, 4) is 0 Å². The summed E-state index contributed by atoms with van der Waals surface area (Å²) < 4.78 is 0. The van der Waals surface area contributed by atoms with E-state index in [9.17, 15) is 10.1 Å². The van der Waals surface area contributed by atoms with Gasteiger partial charge in [0, 0.05) is 28.5 Å². The summed E-state index contributed by atoms with van der Waals surface area (Å²) >= 11 is 1.88. The summed E-state index contributed by atoms with van der Waals surface area (Å²) in [4.78, 5) is 11.8. The van der Waals surface area contributed by atoms with Gasteiger partial charge in [-0.05, 0) is 36.6 Å². The highest BCUT2D eigenvalue weighted by Crippen LogP contribution is 2.38. The molecule has 1 heterocycles. The molecule has 2 aromatic rings. The summed E-state index contributed by atoms with van der Waals surface area (Å²) in [7, 11) is 0. The van der Waals surface area contributed by atoms with Crippen molar-refractivity contribution in [1.29, 1.82) is 0 Å². The van der Waals surface area contributed by atoms with Crippen molar-refractivity contribution in [3.05, 3.63) is 63.7 Å². The van der Waals surface area contributed by atoms with E-state index in [1.807, 2.05) is 18.7 Å². The Morgan fingerprint density at radius 1 is 1.29 bits per heavy atom. The van der Waals surface area contributed by atoms with E-state index in [1.165, 1.54) is 10.5 Å². The van der Waals surface area contributed by atoms with E-state index in [2.05, 4.69) is 29.6 Å². The van der Waals surface area contributed by atoms with Crippen molar-refractivity contribution >= 4 is 23.1 Å². The van der Waals surface area contributed by atoms with Crippen LogP contribution in [0.15, 0.2) is 47.4 Å². The minimum Gasteiger partial charge on any atom is -0.378 e. The second-order valence-electron chi connectivity index (χ2n) is 5.13. The molecule has 108 valence electrons. The monoisotopic (exact) mass is 300 g/mol. The van der Waals surface area contributed by atoms with Crippen LogP contribution < -0.4 is 5.32 Å². The maximum atomic E-state index is 10.8. The summed E-state index contributed by atoms with van der Waals surface area (Å²) in [6.07, 6.45) is 1.05. The van der Waals surface area contributed by atoms with E-state index < -0.39 is 0 Å². The Morgan fingerprint density at radius 3 is 2.86 bits per heavy atom. The minimum absolute atomic E-state index is 0.137. The highest BCUT2D eigenvalue weighted by Gasteiger charge is 2.20. The highest BCUT2D eigenvalue weighted by atomic mass is 32.2. The smallest absolute Gasteiger partial charge is 0.269 e. The van der Waals surface area contributed by atoms with E-state index in [-0.39, 0.29) is 16.7 Å². The molecule has 1 atom stereocenters. The molecule has 0 saturated carbocycles. The summed E-state index contributed by atoms with van der Waals surface area (Å²) in [5.41, 5.74) is 3.32. The number of hydrogen-bond acceptors (Lipinski definition) is 4. The van der Waals surface area contributed by atoms with Crippen LogP contribution in [0.25, 0.3) is 0 Å². The minimum atomic E-state index is -0.358. The predicted molar refractivity (Wildman–Crippen MR) is 86.0 cm³/mol. The molecule has 0 spiro atoms. The third-order valence-corrected chi connectivity index (χ3v) is 4.83. The summed E-state index contributed by atoms with van der Waals surface area (Å²) in [6, 6.07) is 13.7. The van der Waals surface area contributed by atoms with Gasteiger partial charge in [-0.25, -0.2) is 0 Å². The molecule has 2 aromatic carbocycles. The highest BCUT2D eigenvalue weighted by molar-refractivity contribution is 7.99. The zero-order valence-electron chi connectivity index (χ0n) is 11.7. The van der Waals surface area contributed by atoms with Crippen LogP contribution in [0, 0.1) is 17.0 Å². The lowest BCUT2D eigenvalue weighted by atomic mass is 10.0. The van der Waals surface area contributed by atoms with Crippen LogP contribution in [0.2, 0.25) is 0 Å². The van der Waals surface area contributed by atoms with Crippen LogP contribution in [0.3, 0.4) is 0 Å². The van der Waals surface area contributed by atoms with Crippen molar-refractivity contribution in [2.45, 2.75) is 24.3 Å². The van der Waals surface area contributed by atoms with Gasteiger partial charge in [-0.1, -0.05) is 18.2 Å². The molecule has 0 fully saturated rings. The molecule has 3 rings (SSSR count). The number of benzene rings is 2. The first kappa shape index (κ1) is 13.9. The molecule has 0 aliphatic carbocycles. The molecule has 4 nitrogen and oxygen atoms in total. The number of hydrogen-bond donors (Lipinski definition) is 1. The van der Waals surface area contributed by atoms with Gasteiger partial charge in [0.15, 0.2) is 0 Å². The number of thioether (sulfide) groups is 1. The predicted octanol–water partition coefficient (Wildman–Crippen LogP) is 4.55. The molecule has 1 N–H and O–H groups in total. The molecule has 0 radical (unpaired) electrons. The van der Waals surface area contributed by atoms with E-state index in [0.717, 1.165) is 23.4 Å². The Hall–Kier alpha value is -2.01. The first-order valence-corrected chi connectivity index (χ1v) is 7.87. The Kier molecular flexibility index (Phi) is 3.84. The SMILES string of the molecule is Cc1cc([N+](=O)[O-])ccc1NC1CCSc2ccccc21. The van der Waals surface area contributed by atoms with E-state index in [1.54, 1.807) is 18.2 Å². The second kappa shape index (κ2) is 5.77. The van der Waals surface area contributed by atoms with Gasteiger partial charge in [-0.15, -0.1) is 11.8 Å². The van der Waals surface area contributed by atoms with E-state index in [4.69, 9.17) is 0 Å². The topological polar surface area (TPSA) is 55.2 Å². The number of nitrogens with zero attached hydrogens (tertiary/aromatic N) is 1. The van der Waals surface area contributed by atoms with Crippen LogP contribution >= 0.6 is 11.8 Å². The Morgan fingerprint density at radius 2 is 2.10 bits per heavy atom. The van der Waals surface area contributed by atoms with Crippen molar-refractivity contribution < 1.29 is 4.92 Å². The van der Waals surface area contributed by atoms with Gasteiger partial charge < -0.3 is 5.32 Å². The van der Waals surface area contributed by atoms with Crippen LogP contribution in [0.5, 0.6) is 0 Å².